The van der Waals surface area contributed by atoms with Gasteiger partial charge in [-0.25, -0.2) is 4.79 Å². The SMILES string of the molecule is Cn1c(O)c(C2=Nc3ccccc3SC(c3ccncc3)C2)c(=O)n(C)c1=O. The van der Waals surface area contributed by atoms with Crippen molar-refractivity contribution in [1.29, 1.82) is 0 Å². The molecule has 28 heavy (non-hydrogen) atoms. The number of nitrogens with zero attached hydrogens (tertiary/aromatic N) is 4. The van der Waals surface area contributed by atoms with Crippen molar-refractivity contribution in [2.75, 3.05) is 0 Å². The molecular formula is C20H18N4O3S. The van der Waals surface area contributed by atoms with E-state index < -0.39 is 11.2 Å². The van der Waals surface area contributed by atoms with Gasteiger partial charge < -0.3 is 5.11 Å². The Morgan fingerprint density at radius 2 is 1.79 bits per heavy atom. The molecule has 0 spiro atoms. The average molecular weight is 394 g/mol. The summed E-state index contributed by atoms with van der Waals surface area (Å²) in [5.41, 5.74) is 1.15. The molecule has 8 heteroatoms. The number of para-hydroxylation sites is 1. The van der Waals surface area contributed by atoms with E-state index in [1.54, 1.807) is 24.2 Å². The Kier molecular flexibility index (Phi) is 4.64. The zero-order chi connectivity index (χ0) is 19.8. The van der Waals surface area contributed by atoms with Crippen molar-refractivity contribution in [3.05, 3.63) is 80.8 Å². The lowest BCUT2D eigenvalue weighted by atomic mass is 10.0. The molecule has 3 aromatic rings. The van der Waals surface area contributed by atoms with E-state index in [0.717, 1.165) is 25.3 Å². The fourth-order valence-electron chi connectivity index (χ4n) is 3.22. The topological polar surface area (TPSA) is 89.5 Å². The summed E-state index contributed by atoms with van der Waals surface area (Å²) in [4.78, 5) is 34.7. The molecule has 142 valence electrons. The molecule has 1 atom stereocenters. The summed E-state index contributed by atoms with van der Waals surface area (Å²) in [6.07, 6.45) is 3.88. The van der Waals surface area contributed by atoms with Gasteiger partial charge in [0, 0.05) is 43.1 Å². The lowest BCUT2D eigenvalue weighted by Gasteiger charge is -2.17. The van der Waals surface area contributed by atoms with Gasteiger partial charge in [0.05, 0.1) is 11.4 Å². The zero-order valence-electron chi connectivity index (χ0n) is 15.4. The van der Waals surface area contributed by atoms with Crippen LogP contribution < -0.4 is 11.2 Å². The third kappa shape index (κ3) is 3.05. The van der Waals surface area contributed by atoms with Crippen molar-refractivity contribution >= 4 is 23.2 Å². The zero-order valence-corrected chi connectivity index (χ0v) is 16.2. The first-order valence-electron chi connectivity index (χ1n) is 8.70. The van der Waals surface area contributed by atoms with Crippen LogP contribution in [0.5, 0.6) is 5.88 Å². The summed E-state index contributed by atoms with van der Waals surface area (Å²) < 4.78 is 2.05. The van der Waals surface area contributed by atoms with Crippen molar-refractivity contribution in [3.63, 3.8) is 0 Å². The van der Waals surface area contributed by atoms with E-state index in [0.29, 0.717) is 12.1 Å². The van der Waals surface area contributed by atoms with E-state index in [1.807, 2.05) is 36.4 Å². The highest BCUT2D eigenvalue weighted by Crippen LogP contribution is 2.45. The quantitative estimate of drug-likeness (QED) is 0.721. The van der Waals surface area contributed by atoms with Crippen molar-refractivity contribution in [1.82, 2.24) is 14.1 Å². The van der Waals surface area contributed by atoms with Gasteiger partial charge in [0.15, 0.2) is 0 Å². The van der Waals surface area contributed by atoms with Gasteiger partial charge in [-0.15, -0.1) is 11.8 Å². The number of fused-ring (bicyclic) bond motifs is 1. The minimum absolute atomic E-state index is 0.0215. The van der Waals surface area contributed by atoms with Gasteiger partial charge in [0.1, 0.15) is 5.56 Å². The highest BCUT2D eigenvalue weighted by Gasteiger charge is 2.27. The number of thioether (sulfide) groups is 1. The first-order valence-corrected chi connectivity index (χ1v) is 9.58. The van der Waals surface area contributed by atoms with Gasteiger partial charge in [0.25, 0.3) is 5.56 Å². The molecule has 1 unspecified atom stereocenters. The molecule has 4 rings (SSSR count). The Balaban J connectivity index is 1.95. The normalized spacial score (nSPS) is 16.2. The number of aliphatic imine (C=N–C) groups is 1. The molecule has 0 saturated carbocycles. The highest BCUT2D eigenvalue weighted by atomic mass is 32.2. The number of hydrogen-bond acceptors (Lipinski definition) is 6. The average Bonchev–Trinajstić information content (AvgIpc) is 2.91. The van der Waals surface area contributed by atoms with Crippen LogP contribution in [0, 0.1) is 0 Å². The maximum Gasteiger partial charge on any atom is 0.333 e. The summed E-state index contributed by atoms with van der Waals surface area (Å²) in [6.45, 7) is 0. The summed E-state index contributed by atoms with van der Waals surface area (Å²) in [5, 5.41) is 10.6. The van der Waals surface area contributed by atoms with Crippen LogP contribution in [0.15, 0.2) is 68.3 Å². The number of benzene rings is 1. The third-order valence-electron chi connectivity index (χ3n) is 4.77. The second kappa shape index (κ2) is 7.12. The molecule has 7 nitrogen and oxygen atoms in total. The molecule has 1 N–H and O–H groups in total. The highest BCUT2D eigenvalue weighted by molar-refractivity contribution is 7.99. The van der Waals surface area contributed by atoms with Gasteiger partial charge in [-0.3, -0.25) is 23.9 Å². The summed E-state index contributed by atoms with van der Waals surface area (Å²) in [6, 6.07) is 11.6. The lowest BCUT2D eigenvalue weighted by Crippen LogP contribution is -2.40. The molecule has 0 bridgehead atoms. The number of rotatable bonds is 2. The standard InChI is InChI=1S/C20H18N4O3S/c1-23-18(25)17(19(26)24(2)20(23)27)14-11-16(12-7-9-21-10-8-12)28-15-6-4-3-5-13(15)22-14/h3-10,16,25H,11H2,1-2H3. The molecule has 1 aromatic carbocycles. The van der Waals surface area contributed by atoms with Crippen molar-refractivity contribution in [3.8, 4) is 5.88 Å². The fraction of sp³-hybridized carbons (Fsp3) is 0.200. The van der Waals surface area contributed by atoms with E-state index in [1.165, 1.54) is 14.1 Å². The van der Waals surface area contributed by atoms with Gasteiger partial charge >= 0.3 is 5.69 Å². The Morgan fingerprint density at radius 3 is 2.54 bits per heavy atom. The number of pyridine rings is 1. The largest absolute Gasteiger partial charge is 0.494 e. The van der Waals surface area contributed by atoms with E-state index >= 15 is 0 Å². The van der Waals surface area contributed by atoms with Crippen LogP contribution in [0.2, 0.25) is 0 Å². The van der Waals surface area contributed by atoms with Crippen LogP contribution in [0.25, 0.3) is 0 Å². The smallest absolute Gasteiger partial charge is 0.333 e. The van der Waals surface area contributed by atoms with Crippen LogP contribution >= 0.6 is 11.8 Å². The van der Waals surface area contributed by atoms with Crippen LogP contribution in [-0.2, 0) is 14.1 Å². The Hall–Kier alpha value is -3.13. The second-order valence-corrected chi connectivity index (χ2v) is 7.77. The maximum atomic E-state index is 12.8. The van der Waals surface area contributed by atoms with E-state index in [2.05, 4.69) is 4.98 Å². The molecule has 0 aliphatic carbocycles. The molecule has 1 aliphatic rings. The van der Waals surface area contributed by atoms with Gasteiger partial charge in [-0.2, -0.15) is 0 Å². The Morgan fingerprint density at radius 1 is 1.07 bits per heavy atom. The van der Waals surface area contributed by atoms with Crippen LogP contribution in [0.1, 0.15) is 22.8 Å². The number of aromatic hydroxyl groups is 1. The Bertz CT molecular complexity index is 1200. The molecule has 3 heterocycles. The van der Waals surface area contributed by atoms with Crippen molar-refractivity contribution in [2.24, 2.45) is 19.1 Å². The predicted octanol–water partition coefficient (Wildman–Crippen LogP) is 2.54. The van der Waals surface area contributed by atoms with Crippen molar-refractivity contribution < 1.29 is 5.11 Å². The minimum atomic E-state index is -0.582. The number of hydrogen-bond donors (Lipinski definition) is 1. The van der Waals surface area contributed by atoms with Crippen molar-refractivity contribution in [2.45, 2.75) is 16.6 Å². The summed E-state index contributed by atoms with van der Waals surface area (Å²) >= 11 is 1.65. The molecule has 1 aliphatic heterocycles. The lowest BCUT2D eigenvalue weighted by molar-refractivity contribution is 0.410. The fourth-order valence-corrected chi connectivity index (χ4v) is 4.45. The minimum Gasteiger partial charge on any atom is -0.494 e. The van der Waals surface area contributed by atoms with E-state index in [9.17, 15) is 14.7 Å². The first kappa shape index (κ1) is 18.2. The van der Waals surface area contributed by atoms with Crippen LogP contribution in [0.3, 0.4) is 0 Å². The third-order valence-corrected chi connectivity index (χ3v) is 6.09. The maximum absolute atomic E-state index is 12.8. The van der Waals surface area contributed by atoms with E-state index in [-0.39, 0.29) is 16.7 Å². The summed E-state index contributed by atoms with van der Waals surface area (Å²) in [5.74, 6) is -0.371. The number of aromatic nitrogens is 3. The molecule has 2 aromatic heterocycles. The molecule has 0 amide bonds. The molecule has 0 saturated heterocycles. The molecule has 0 fully saturated rings. The summed E-state index contributed by atoms with van der Waals surface area (Å²) in [7, 11) is 2.83. The first-order chi connectivity index (χ1) is 13.5. The Labute approximate surface area is 165 Å². The molecular weight excluding hydrogens is 376 g/mol. The van der Waals surface area contributed by atoms with Gasteiger partial charge in [-0.1, -0.05) is 12.1 Å². The second-order valence-electron chi connectivity index (χ2n) is 6.52. The molecule has 0 radical (unpaired) electrons. The predicted molar refractivity (Wildman–Crippen MR) is 109 cm³/mol. The van der Waals surface area contributed by atoms with Crippen LogP contribution in [-0.4, -0.2) is 24.9 Å². The van der Waals surface area contributed by atoms with E-state index in [4.69, 9.17) is 4.99 Å². The monoisotopic (exact) mass is 394 g/mol. The van der Waals surface area contributed by atoms with Crippen LogP contribution in [0.4, 0.5) is 5.69 Å². The van der Waals surface area contributed by atoms with Gasteiger partial charge in [0.2, 0.25) is 5.88 Å². The van der Waals surface area contributed by atoms with Gasteiger partial charge in [-0.05, 0) is 29.8 Å².